The van der Waals surface area contributed by atoms with Gasteiger partial charge in [-0.25, -0.2) is 4.79 Å². The zero-order valence-corrected chi connectivity index (χ0v) is 12.0. The van der Waals surface area contributed by atoms with Gasteiger partial charge in [0.2, 0.25) is 5.54 Å². The Morgan fingerprint density at radius 3 is 1.78 bits per heavy atom. The number of hydrogen-bond acceptors (Lipinski definition) is 3. The number of halogens is 6. The van der Waals surface area contributed by atoms with Gasteiger partial charge < -0.3 is 15.6 Å². The van der Waals surface area contributed by atoms with Crippen molar-refractivity contribution in [1.82, 2.24) is 0 Å². The van der Waals surface area contributed by atoms with E-state index in [1.807, 2.05) is 0 Å². The molecule has 0 aromatic heterocycles. The summed E-state index contributed by atoms with van der Waals surface area (Å²) in [4.78, 5) is 10.4. The molecule has 4 nitrogen and oxygen atoms in total. The Morgan fingerprint density at radius 2 is 1.48 bits per heavy atom. The van der Waals surface area contributed by atoms with Gasteiger partial charge in [-0.1, -0.05) is 0 Å². The molecule has 0 atom stereocenters. The van der Waals surface area contributed by atoms with Gasteiger partial charge in [0.05, 0.1) is 0 Å². The fourth-order valence-corrected chi connectivity index (χ4v) is 2.03. The van der Waals surface area contributed by atoms with Crippen LogP contribution in [0.15, 0.2) is 12.1 Å². The molecule has 1 aromatic carbocycles. The summed E-state index contributed by atoms with van der Waals surface area (Å²) in [5, 5.41) is 8.51. The summed E-state index contributed by atoms with van der Waals surface area (Å²) in [5.74, 6) is -1.45. The van der Waals surface area contributed by atoms with Crippen LogP contribution in [0, 0.1) is 13.8 Å². The Bertz CT molecular complexity index is 572. The Balaban J connectivity index is 3.46. The Morgan fingerprint density at radius 1 is 1.09 bits per heavy atom. The van der Waals surface area contributed by atoms with Crippen LogP contribution in [-0.2, 0) is 10.3 Å². The molecule has 0 aliphatic rings. The number of carboxylic acids is 1. The molecule has 0 aliphatic carbocycles. The number of nitrogens with two attached hydrogens (primary N) is 1. The highest BCUT2D eigenvalue weighted by atomic mass is 19.4. The van der Waals surface area contributed by atoms with Crippen molar-refractivity contribution < 1.29 is 41.0 Å². The quantitative estimate of drug-likeness (QED) is 0.823. The second-order valence-electron chi connectivity index (χ2n) is 4.93. The van der Waals surface area contributed by atoms with E-state index in [4.69, 9.17) is 15.6 Å². The smallest absolute Gasteiger partial charge is 0.419 e. The van der Waals surface area contributed by atoms with E-state index in [0.717, 1.165) is 0 Å². The molecule has 0 spiro atoms. The molecule has 23 heavy (non-hydrogen) atoms. The molecule has 0 fully saturated rings. The number of carbonyl (C=O) groups is 1. The van der Waals surface area contributed by atoms with Crippen molar-refractivity contribution in [2.45, 2.75) is 31.7 Å². The highest BCUT2D eigenvalue weighted by Gasteiger charge is 2.69. The van der Waals surface area contributed by atoms with Gasteiger partial charge in [0.15, 0.2) is 6.61 Å². The molecule has 0 unspecified atom stereocenters. The van der Waals surface area contributed by atoms with Crippen LogP contribution in [0.1, 0.15) is 16.7 Å². The number of aryl methyl sites for hydroxylation is 2. The van der Waals surface area contributed by atoms with E-state index in [1.165, 1.54) is 13.8 Å². The van der Waals surface area contributed by atoms with Crippen molar-refractivity contribution in [2.75, 3.05) is 6.61 Å². The average molecular weight is 345 g/mol. The SMILES string of the molecule is Cc1cc(C(N)(C(F)(F)F)C(F)(F)F)cc(C)c1OCC(=O)O. The molecule has 10 heteroatoms. The molecule has 0 saturated heterocycles. The van der Waals surface area contributed by atoms with E-state index >= 15 is 0 Å². The van der Waals surface area contributed by atoms with E-state index in [9.17, 15) is 31.1 Å². The number of carboxylic acid groups (broad SMARTS) is 1. The number of aliphatic carboxylic acids is 1. The van der Waals surface area contributed by atoms with Gasteiger partial charge in [0.1, 0.15) is 5.75 Å². The van der Waals surface area contributed by atoms with Crippen LogP contribution >= 0.6 is 0 Å². The maximum absolute atomic E-state index is 12.9. The van der Waals surface area contributed by atoms with Crippen LogP contribution in [-0.4, -0.2) is 30.0 Å². The van der Waals surface area contributed by atoms with E-state index in [0.29, 0.717) is 12.1 Å². The fraction of sp³-hybridized carbons (Fsp3) is 0.462. The lowest BCUT2D eigenvalue weighted by molar-refractivity contribution is -0.301. The molecule has 0 saturated carbocycles. The van der Waals surface area contributed by atoms with E-state index in [1.54, 1.807) is 0 Å². The molecule has 1 aromatic rings. The second-order valence-corrected chi connectivity index (χ2v) is 4.93. The first-order chi connectivity index (χ1) is 10.2. The lowest BCUT2D eigenvalue weighted by Gasteiger charge is -2.34. The maximum atomic E-state index is 12.9. The first-order valence-corrected chi connectivity index (χ1v) is 6.10. The Hall–Kier alpha value is -1.97. The second kappa shape index (κ2) is 5.91. The molecule has 3 N–H and O–H groups in total. The van der Waals surface area contributed by atoms with Crippen molar-refractivity contribution in [3.8, 4) is 5.75 Å². The summed E-state index contributed by atoms with van der Waals surface area (Å²) in [6.07, 6.45) is -11.5. The number of ether oxygens (including phenoxy) is 1. The average Bonchev–Trinajstić information content (AvgIpc) is 2.33. The highest BCUT2D eigenvalue weighted by Crippen LogP contribution is 2.49. The maximum Gasteiger partial charge on any atom is 0.419 e. The molecular formula is C13H13F6NO3. The molecule has 0 aliphatic heterocycles. The Labute approximate surface area is 126 Å². The standard InChI is InChI=1S/C13H13F6NO3/c1-6-3-8(4-7(2)10(6)23-5-9(21)22)11(20,12(14,15)16)13(17,18)19/h3-4H,5,20H2,1-2H3,(H,21,22). The lowest BCUT2D eigenvalue weighted by Crippen LogP contribution is -2.60. The molecule has 0 bridgehead atoms. The van der Waals surface area contributed by atoms with Crippen LogP contribution in [0.25, 0.3) is 0 Å². The molecule has 1 rings (SSSR count). The summed E-state index contributed by atoms with van der Waals surface area (Å²) in [6, 6.07) is 1.18. The number of rotatable bonds is 4. The minimum atomic E-state index is -5.77. The summed E-state index contributed by atoms with van der Waals surface area (Å²) >= 11 is 0. The first-order valence-electron chi connectivity index (χ1n) is 6.10. The third-order valence-corrected chi connectivity index (χ3v) is 3.15. The van der Waals surface area contributed by atoms with Crippen molar-refractivity contribution in [1.29, 1.82) is 0 Å². The van der Waals surface area contributed by atoms with E-state index in [2.05, 4.69) is 0 Å². The van der Waals surface area contributed by atoms with Gasteiger partial charge in [-0.2, -0.15) is 26.3 Å². The number of hydrogen-bond donors (Lipinski definition) is 2. The minimum Gasteiger partial charge on any atom is -0.481 e. The monoisotopic (exact) mass is 345 g/mol. The normalized spacial score (nSPS) is 13.1. The van der Waals surface area contributed by atoms with Gasteiger partial charge in [0, 0.05) is 0 Å². The van der Waals surface area contributed by atoms with Crippen molar-refractivity contribution in [3.63, 3.8) is 0 Å². The van der Waals surface area contributed by atoms with E-state index in [-0.39, 0.29) is 16.9 Å². The number of alkyl halides is 6. The van der Waals surface area contributed by atoms with E-state index < -0.39 is 36.0 Å². The Kier molecular flexibility index (Phi) is 4.90. The largest absolute Gasteiger partial charge is 0.481 e. The lowest BCUT2D eigenvalue weighted by atomic mass is 9.87. The zero-order chi connectivity index (χ0) is 18.2. The topological polar surface area (TPSA) is 72.5 Å². The molecule has 130 valence electrons. The van der Waals surface area contributed by atoms with Crippen LogP contribution in [0.5, 0.6) is 5.75 Å². The zero-order valence-electron chi connectivity index (χ0n) is 12.0. The first kappa shape index (κ1) is 19.1. The van der Waals surface area contributed by atoms with Crippen LogP contribution in [0.3, 0.4) is 0 Å². The third kappa shape index (κ3) is 3.52. The summed E-state index contributed by atoms with van der Waals surface area (Å²) in [5.41, 5.74) is -1.23. The summed E-state index contributed by atoms with van der Waals surface area (Å²) in [6.45, 7) is 1.61. The molecule has 0 radical (unpaired) electrons. The van der Waals surface area contributed by atoms with Crippen molar-refractivity contribution in [3.05, 3.63) is 28.8 Å². The van der Waals surface area contributed by atoms with Crippen molar-refractivity contribution >= 4 is 5.97 Å². The van der Waals surface area contributed by atoms with Gasteiger partial charge in [-0.15, -0.1) is 0 Å². The molecule has 0 amide bonds. The van der Waals surface area contributed by atoms with Gasteiger partial charge in [0.25, 0.3) is 0 Å². The van der Waals surface area contributed by atoms with Gasteiger partial charge >= 0.3 is 18.3 Å². The third-order valence-electron chi connectivity index (χ3n) is 3.15. The van der Waals surface area contributed by atoms with Crippen LogP contribution in [0.2, 0.25) is 0 Å². The molecular weight excluding hydrogens is 332 g/mol. The summed E-state index contributed by atoms with van der Waals surface area (Å²) in [7, 11) is 0. The van der Waals surface area contributed by atoms with Crippen LogP contribution < -0.4 is 10.5 Å². The minimum absolute atomic E-state index is 0.0930. The number of benzene rings is 1. The van der Waals surface area contributed by atoms with Gasteiger partial charge in [-0.05, 0) is 42.7 Å². The van der Waals surface area contributed by atoms with Gasteiger partial charge in [-0.3, -0.25) is 0 Å². The summed E-state index contributed by atoms with van der Waals surface area (Å²) < 4.78 is 82.6. The fourth-order valence-electron chi connectivity index (χ4n) is 2.03. The highest BCUT2D eigenvalue weighted by molar-refractivity contribution is 5.68. The predicted octanol–water partition coefficient (Wildman–Crippen LogP) is 3.05. The predicted molar refractivity (Wildman–Crippen MR) is 67.0 cm³/mol. The van der Waals surface area contributed by atoms with Crippen LogP contribution in [0.4, 0.5) is 26.3 Å². The van der Waals surface area contributed by atoms with Crippen molar-refractivity contribution in [2.24, 2.45) is 5.73 Å². The molecule has 0 heterocycles.